The van der Waals surface area contributed by atoms with E-state index in [1.54, 1.807) is 6.92 Å². The summed E-state index contributed by atoms with van der Waals surface area (Å²) in [6, 6.07) is 14.4. The van der Waals surface area contributed by atoms with Gasteiger partial charge in [0.05, 0.1) is 6.54 Å². The first kappa shape index (κ1) is 21.2. The average Bonchev–Trinajstić information content (AvgIpc) is 3.17. The smallest absolute Gasteiger partial charge is 0.131 e. The third-order valence-electron chi connectivity index (χ3n) is 5.48. The molecule has 29 heavy (non-hydrogen) atoms. The minimum absolute atomic E-state index is 0.161. The molecule has 0 amide bonds. The van der Waals surface area contributed by atoms with Gasteiger partial charge in [-0.3, -0.25) is 0 Å². The van der Waals surface area contributed by atoms with E-state index in [1.165, 1.54) is 5.56 Å². The van der Waals surface area contributed by atoms with Gasteiger partial charge in [-0.15, -0.1) is 0 Å². The van der Waals surface area contributed by atoms with E-state index >= 15 is 0 Å². The molecule has 0 spiro atoms. The number of pyridine rings is 1. The summed E-state index contributed by atoms with van der Waals surface area (Å²) in [6.45, 7) is 8.71. The summed E-state index contributed by atoms with van der Waals surface area (Å²) >= 11 is 0. The third-order valence-corrected chi connectivity index (χ3v) is 5.48. The highest BCUT2D eigenvalue weighted by molar-refractivity contribution is 5.76. The zero-order valence-electron chi connectivity index (χ0n) is 18.1. The zero-order chi connectivity index (χ0) is 20.8. The van der Waals surface area contributed by atoms with Crippen molar-refractivity contribution in [2.45, 2.75) is 52.1 Å². The monoisotopic (exact) mass is 395 g/mol. The van der Waals surface area contributed by atoms with Crippen molar-refractivity contribution < 1.29 is 9.53 Å². The molecule has 2 aromatic rings. The standard InChI is InChI=1S/C24H33N3O2/c1-5-14-26(4)23-7-6-8-24(25-23)27-15-13-22(17-27)29-21-11-9-20(10-12-21)18(2)16-19(3)28/h6-12,18,22H,5,13-17H2,1-4H3/t18-,22-/m1/s1. The molecule has 1 saturated heterocycles. The van der Waals surface area contributed by atoms with Crippen molar-refractivity contribution in [1.29, 1.82) is 0 Å². The van der Waals surface area contributed by atoms with Crippen LogP contribution in [0.4, 0.5) is 11.6 Å². The molecule has 1 aromatic heterocycles. The highest BCUT2D eigenvalue weighted by Crippen LogP contribution is 2.26. The second-order valence-electron chi connectivity index (χ2n) is 8.13. The van der Waals surface area contributed by atoms with Crippen LogP contribution in [0.3, 0.4) is 0 Å². The Morgan fingerprint density at radius 3 is 2.72 bits per heavy atom. The van der Waals surface area contributed by atoms with E-state index in [1.807, 2.05) is 12.1 Å². The maximum Gasteiger partial charge on any atom is 0.131 e. The quantitative estimate of drug-likeness (QED) is 0.617. The van der Waals surface area contributed by atoms with Crippen molar-refractivity contribution in [3.05, 3.63) is 48.0 Å². The van der Waals surface area contributed by atoms with E-state index in [-0.39, 0.29) is 17.8 Å². The van der Waals surface area contributed by atoms with E-state index < -0.39 is 0 Å². The summed E-state index contributed by atoms with van der Waals surface area (Å²) in [4.78, 5) is 20.7. The highest BCUT2D eigenvalue weighted by Gasteiger charge is 2.25. The van der Waals surface area contributed by atoms with Gasteiger partial charge in [-0.1, -0.05) is 32.0 Å². The summed E-state index contributed by atoms with van der Waals surface area (Å²) in [7, 11) is 2.09. The maximum absolute atomic E-state index is 11.3. The third kappa shape index (κ3) is 5.72. The number of nitrogens with zero attached hydrogens (tertiary/aromatic N) is 3. The van der Waals surface area contributed by atoms with Gasteiger partial charge in [0.25, 0.3) is 0 Å². The number of carbonyl (C=O) groups is 1. The normalized spacial score (nSPS) is 17.2. The molecule has 1 aliphatic rings. The van der Waals surface area contributed by atoms with Gasteiger partial charge >= 0.3 is 0 Å². The van der Waals surface area contributed by atoms with Gasteiger partial charge in [0.1, 0.15) is 29.3 Å². The van der Waals surface area contributed by atoms with Crippen LogP contribution in [0.2, 0.25) is 0 Å². The lowest BCUT2D eigenvalue weighted by molar-refractivity contribution is -0.117. The molecule has 0 bridgehead atoms. The van der Waals surface area contributed by atoms with Crippen LogP contribution in [0.1, 0.15) is 51.5 Å². The number of hydrogen-bond acceptors (Lipinski definition) is 5. The molecule has 0 radical (unpaired) electrons. The molecule has 1 fully saturated rings. The summed E-state index contributed by atoms with van der Waals surface area (Å²) in [5.74, 6) is 3.39. The fourth-order valence-corrected chi connectivity index (χ4v) is 3.90. The topological polar surface area (TPSA) is 45.7 Å². The SMILES string of the molecule is CCCN(C)c1cccc(N2CC[C@@H](Oc3ccc([C@H](C)CC(C)=O)cc3)C2)n1. The minimum Gasteiger partial charge on any atom is -0.489 e. The molecule has 0 N–H and O–H groups in total. The number of ether oxygens (including phenoxy) is 1. The lowest BCUT2D eigenvalue weighted by atomic mass is 9.96. The van der Waals surface area contributed by atoms with Crippen molar-refractivity contribution in [2.24, 2.45) is 0 Å². The van der Waals surface area contributed by atoms with E-state index in [0.717, 1.165) is 49.9 Å². The first-order chi connectivity index (χ1) is 14.0. The van der Waals surface area contributed by atoms with Gasteiger partial charge < -0.3 is 19.3 Å². The lowest BCUT2D eigenvalue weighted by Crippen LogP contribution is -2.26. The molecule has 5 nitrogen and oxygen atoms in total. The molecule has 3 rings (SSSR count). The zero-order valence-corrected chi connectivity index (χ0v) is 18.1. The number of carbonyl (C=O) groups excluding carboxylic acids is 1. The Morgan fingerprint density at radius 2 is 2.03 bits per heavy atom. The Bertz CT molecular complexity index is 806. The van der Waals surface area contributed by atoms with Crippen LogP contribution < -0.4 is 14.5 Å². The molecule has 0 saturated carbocycles. The van der Waals surface area contributed by atoms with Gasteiger partial charge in [0.2, 0.25) is 0 Å². The number of hydrogen-bond donors (Lipinski definition) is 0. The fourth-order valence-electron chi connectivity index (χ4n) is 3.90. The Labute approximate surface area is 174 Å². The predicted octanol–water partition coefficient (Wildman–Crippen LogP) is 4.67. The van der Waals surface area contributed by atoms with Crippen LogP contribution in [0.25, 0.3) is 0 Å². The van der Waals surface area contributed by atoms with Crippen LogP contribution in [-0.4, -0.2) is 43.6 Å². The Kier molecular flexibility index (Phi) is 7.13. The Morgan fingerprint density at radius 1 is 1.28 bits per heavy atom. The van der Waals surface area contributed by atoms with Gasteiger partial charge in [-0.25, -0.2) is 4.98 Å². The van der Waals surface area contributed by atoms with Crippen molar-refractivity contribution in [1.82, 2.24) is 4.98 Å². The number of benzene rings is 1. The van der Waals surface area contributed by atoms with Crippen molar-refractivity contribution in [2.75, 3.05) is 36.5 Å². The van der Waals surface area contributed by atoms with E-state index in [2.05, 4.69) is 61.0 Å². The van der Waals surface area contributed by atoms with Gasteiger partial charge in [0.15, 0.2) is 0 Å². The molecule has 2 atom stereocenters. The average molecular weight is 396 g/mol. The van der Waals surface area contributed by atoms with E-state index in [4.69, 9.17) is 9.72 Å². The first-order valence-corrected chi connectivity index (χ1v) is 10.7. The molecular weight excluding hydrogens is 362 g/mol. The van der Waals surface area contributed by atoms with Crippen molar-refractivity contribution in [3.63, 3.8) is 0 Å². The number of aromatic nitrogens is 1. The number of Topliss-reactive ketones (excluding diaryl/α,β-unsaturated/α-hetero) is 1. The minimum atomic E-state index is 0.161. The molecule has 1 aromatic carbocycles. The van der Waals surface area contributed by atoms with Crippen LogP contribution in [-0.2, 0) is 4.79 Å². The molecular formula is C24H33N3O2. The summed E-state index contributed by atoms with van der Waals surface area (Å²) in [5.41, 5.74) is 1.18. The van der Waals surface area contributed by atoms with E-state index in [9.17, 15) is 4.79 Å². The van der Waals surface area contributed by atoms with Gasteiger partial charge in [-0.05, 0) is 49.1 Å². The van der Waals surface area contributed by atoms with Crippen LogP contribution in [0.15, 0.2) is 42.5 Å². The molecule has 0 aliphatic carbocycles. The number of ketones is 1. The number of anilines is 2. The van der Waals surface area contributed by atoms with Crippen LogP contribution in [0, 0.1) is 0 Å². The Hall–Kier alpha value is -2.56. The van der Waals surface area contributed by atoms with Gasteiger partial charge in [-0.2, -0.15) is 0 Å². The largest absolute Gasteiger partial charge is 0.489 e. The molecule has 1 aliphatic heterocycles. The van der Waals surface area contributed by atoms with Crippen LogP contribution >= 0.6 is 0 Å². The predicted molar refractivity (Wildman–Crippen MR) is 119 cm³/mol. The molecule has 5 heteroatoms. The summed E-state index contributed by atoms with van der Waals surface area (Å²) < 4.78 is 6.21. The number of rotatable bonds is 9. The summed E-state index contributed by atoms with van der Waals surface area (Å²) in [5, 5.41) is 0. The fraction of sp³-hybridized carbons (Fsp3) is 0.500. The lowest BCUT2D eigenvalue weighted by Gasteiger charge is -2.22. The Balaban J connectivity index is 1.57. The van der Waals surface area contributed by atoms with Crippen LogP contribution in [0.5, 0.6) is 5.75 Å². The second-order valence-corrected chi connectivity index (χ2v) is 8.13. The molecule has 2 heterocycles. The second kappa shape index (κ2) is 9.77. The first-order valence-electron chi connectivity index (χ1n) is 10.7. The van der Waals surface area contributed by atoms with E-state index in [0.29, 0.717) is 6.42 Å². The van der Waals surface area contributed by atoms with Crippen molar-refractivity contribution >= 4 is 17.4 Å². The maximum atomic E-state index is 11.3. The molecule has 0 unspecified atom stereocenters. The molecule has 156 valence electrons. The summed E-state index contributed by atoms with van der Waals surface area (Å²) in [6.07, 6.45) is 2.83. The van der Waals surface area contributed by atoms with Crippen molar-refractivity contribution in [3.8, 4) is 5.75 Å². The highest BCUT2D eigenvalue weighted by atomic mass is 16.5. The van der Waals surface area contributed by atoms with Gasteiger partial charge in [0, 0.05) is 33.0 Å².